The van der Waals surface area contributed by atoms with Gasteiger partial charge in [0.25, 0.3) is 0 Å². The molecule has 0 N–H and O–H groups in total. The zero-order valence-corrected chi connectivity index (χ0v) is 14.0. The van der Waals surface area contributed by atoms with Crippen molar-refractivity contribution in [1.82, 2.24) is 4.31 Å². The van der Waals surface area contributed by atoms with E-state index in [-0.39, 0.29) is 13.1 Å². The SMILES string of the molecule is O=S(=O)(c1c(F)cccc1F)N(Cc1ccsc1)Cc1ccco1. The van der Waals surface area contributed by atoms with Crippen molar-refractivity contribution in [2.24, 2.45) is 0 Å². The minimum atomic E-state index is -4.39. The predicted octanol–water partition coefficient (Wildman–Crippen LogP) is 4.01. The molecule has 0 amide bonds. The maximum atomic E-state index is 14.0. The van der Waals surface area contributed by atoms with Crippen LogP contribution >= 0.6 is 11.3 Å². The number of furan rings is 1. The predicted molar refractivity (Wildman–Crippen MR) is 85.8 cm³/mol. The van der Waals surface area contributed by atoms with Crippen LogP contribution in [0.1, 0.15) is 11.3 Å². The van der Waals surface area contributed by atoms with Crippen LogP contribution in [0.15, 0.2) is 62.7 Å². The molecule has 0 atom stereocenters. The number of hydrogen-bond acceptors (Lipinski definition) is 4. The number of halogens is 2. The van der Waals surface area contributed by atoms with Gasteiger partial charge in [-0.3, -0.25) is 0 Å². The van der Waals surface area contributed by atoms with E-state index in [1.165, 1.54) is 17.6 Å². The second-order valence-corrected chi connectivity index (χ2v) is 7.69. The molecule has 0 aliphatic rings. The number of thiophene rings is 1. The van der Waals surface area contributed by atoms with E-state index in [4.69, 9.17) is 4.42 Å². The van der Waals surface area contributed by atoms with Crippen LogP contribution < -0.4 is 0 Å². The fraction of sp³-hybridized carbons (Fsp3) is 0.125. The van der Waals surface area contributed by atoms with Gasteiger partial charge in [-0.05, 0) is 46.7 Å². The molecule has 0 unspecified atom stereocenters. The largest absolute Gasteiger partial charge is 0.468 e. The molecule has 126 valence electrons. The first-order chi connectivity index (χ1) is 11.5. The van der Waals surface area contributed by atoms with E-state index in [1.807, 2.05) is 0 Å². The van der Waals surface area contributed by atoms with Gasteiger partial charge < -0.3 is 4.42 Å². The molecule has 4 nitrogen and oxygen atoms in total. The number of sulfonamides is 1. The molecule has 0 aliphatic heterocycles. The van der Waals surface area contributed by atoms with Crippen molar-refractivity contribution in [3.05, 3.63) is 76.4 Å². The maximum absolute atomic E-state index is 14.0. The molecule has 3 aromatic rings. The van der Waals surface area contributed by atoms with Crippen LogP contribution in [0.4, 0.5) is 8.78 Å². The fourth-order valence-corrected chi connectivity index (χ4v) is 4.41. The van der Waals surface area contributed by atoms with Crippen LogP contribution in [0.5, 0.6) is 0 Å². The quantitative estimate of drug-likeness (QED) is 0.660. The minimum absolute atomic E-state index is 0.0136. The Hall–Kier alpha value is -2.03. The van der Waals surface area contributed by atoms with E-state index in [2.05, 4.69) is 0 Å². The third-order valence-electron chi connectivity index (χ3n) is 3.37. The summed E-state index contributed by atoms with van der Waals surface area (Å²) in [6.07, 6.45) is 1.41. The zero-order valence-electron chi connectivity index (χ0n) is 12.4. The molecule has 0 bridgehead atoms. The van der Waals surface area contributed by atoms with Crippen molar-refractivity contribution < 1.29 is 21.6 Å². The first-order valence-corrected chi connectivity index (χ1v) is 9.34. The monoisotopic (exact) mass is 369 g/mol. The summed E-state index contributed by atoms with van der Waals surface area (Å²) in [5.74, 6) is -1.86. The zero-order chi connectivity index (χ0) is 17.2. The third kappa shape index (κ3) is 3.40. The van der Waals surface area contributed by atoms with Crippen LogP contribution in [0, 0.1) is 11.6 Å². The first kappa shape index (κ1) is 16.8. The van der Waals surface area contributed by atoms with E-state index in [1.54, 1.807) is 29.0 Å². The van der Waals surface area contributed by atoms with Gasteiger partial charge in [-0.25, -0.2) is 17.2 Å². The molecule has 0 saturated carbocycles. The Kier molecular flexibility index (Phi) is 4.79. The van der Waals surface area contributed by atoms with Crippen molar-refractivity contribution in [2.75, 3.05) is 0 Å². The Morgan fingerprint density at radius 2 is 1.79 bits per heavy atom. The van der Waals surface area contributed by atoms with E-state index in [0.29, 0.717) is 5.76 Å². The maximum Gasteiger partial charge on any atom is 0.249 e. The molecular formula is C16H13F2NO3S2. The van der Waals surface area contributed by atoms with Gasteiger partial charge in [0.15, 0.2) is 4.90 Å². The molecule has 0 fully saturated rings. The standard InChI is InChI=1S/C16H13F2NO3S2/c17-14-4-1-5-15(18)16(14)24(20,21)19(9-12-6-8-23-11-12)10-13-3-2-7-22-13/h1-8,11H,9-10H2. The summed E-state index contributed by atoms with van der Waals surface area (Å²) in [4.78, 5) is -0.952. The molecule has 0 spiro atoms. The van der Waals surface area contributed by atoms with Crippen LogP contribution in [-0.4, -0.2) is 12.7 Å². The molecule has 1 aromatic carbocycles. The van der Waals surface area contributed by atoms with E-state index >= 15 is 0 Å². The van der Waals surface area contributed by atoms with Gasteiger partial charge in [0, 0.05) is 6.54 Å². The summed E-state index contributed by atoms with van der Waals surface area (Å²) < 4.78 is 59.8. The minimum Gasteiger partial charge on any atom is -0.468 e. The lowest BCUT2D eigenvalue weighted by molar-refractivity contribution is 0.354. The van der Waals surface area contributed by atoms with Gasteiger partial charge in [0.05, 0.1) is 12.8 Å². The number of rotatable bonds is 6. The first-order valence-electron chi connectivity index (χ1n) is 6.96. The summed E-state index contributed by atoms with van der Waals surface area (Å²) in [6, 6.07) is 7.95. The molecule has 2 heterocycles. The second-order valence-electron chi connectivity index (χ2n) is 5.03. The van der Waals surface area contributed by atoms with Crippen LogP contribution in [0.25, 0.3) is 0 Å². The Balaban J connectivity index is 2.02. The van der Waals surface area contributed by atoms with Crippen molar-refractivity contribution >= 4 is 21.4 Å². The molecule has 0 aliphatic carbocycles. The molecular weight excluding hydrogens is 356 g/mol. The van der Waals surface area contributed by atoms with Crippen molar-refractivity contribution in [2.45, 2.75) is 18.0 Å². The van der Waals surface area contributed by atoms with Crippen LogP contribution in [0.2, 0.25) is 0 Å². The summed E-state index contributed by atoms with van der Waals surface area (Å²) >= 11 is 1.41. The Bertz CT molecular complexity index is 850. The molecule has 2 aromatic heterocycles. The molecule has 0 saturated heterocycles. The smallest absolute Gasteiger partial charge is 0.249 e. The van der Waals surface area contributed by atoms with E-state index in [9.17, 15) is 17.2 Å². The third-order valence-corrected chi connectivity index (χ3v) is 5.94. The van der Waals surface area contributed by atoms with Gasteiger partial charge in [-0.15, -0.1) is 0 Å². The summed E-state index contributed by atoms with van der Waals surface area (Å²) in [6.45, 7) is -0.140. The topological polar surface area (TPSA) is 50.5 Å². The van der Waals surface area contributed by atoms with E-state index < -0.39 is 26.6 Å². The molecule has 24 heavy (non-hydrogen) atoms. The van der Waals surface area contributed by atoms with Crippen molar-refractivity contribution in [3.8, 4) is 0 Å². The average Bonchev–Trinajstić information content (AvgIpc) is 3.19. The Labute approximate surface area is 142 Å². The summed E-state index contributed by atoms with van der Waals surface area (Å²) in [7, 11) is -4.39. The summed E-state index contributed by atoms with van der Waals surface area (Å²) in [5, 5.41) is 3.58. The fourth-order valence-electron chi connectivity index (χ4n) is 2.25. The lowest BCUT2D eigenvalue weighted by Gasteiger charge is -2.21. The van der Waals surface area contributed by atoms with Gasteiger partial charge in [-0.1, -0.05) is 6.07 Å². The van der Waals surface area contributed by atoms with Gasteiger partial charge in [0.1, 0.15) is 17.4 Å². The normalized spacial score (nSPS) is 12.0. The van der Waals surface area contributed by atoms with Gasteiger partial charge in [-0.2, -0.15) is 15.6 Å². The van der Waals surface area contributed by atoms with Crippen molar-refractivity contribution in [1.29, 1.82) is 0 Å². The molecule has 0 radical (unpaired) electrons. The highest BCUT2D eigenvalue weighted by atomic mass is 32.2. The highest BCUT2D eigenvalue weighted by Crippen LogP contribution is 2.26. The van der Waals surface area contributed by atoms with Crippen LogP contribution in [0.3, 0.4) is 0 Å². The van der Waals surface area contributed by atoms with Gasteiger partial charge in [0.2, 0.25) is 10.0 Å². The second kappa shape index (κ2) is 6.84. The lowest BCUT2D eigenvalue weighted by Crippen LogP contribution is -2.31. The average molecular weight is 369 g/mol. The number of nitrogens with zero attached hydrogens (tertiary/aromatic N) is 1. The number of benzene rings is 1. The number of hydrogen-bond donors (Lipinski definition) is 0. The molecule has 3 rings (SSSR count). The van der Waals surface area contributed by atoms with Crippen LogP contribution in [-0.2, 0) is 23.1 Å². The lowest BCUT2D eigenvalue weighted by atomic mass is 10.3. The Morgan fingerprint density at radius 3 is 2.38 bits per heavy atom. The summed E-state index contributed by atoms with van der Waals surface area (Å²) in [5.41, 5.74) is 0.729. The van der Waals surface area contributed by atoms with E-state index in [0.717, 1.165) is 28.1 Å². The van der Waals surface area contributed by atoms with Gasteiger partial charge >= 0.3 is 0 Å². The highest BCUT2D eigenvalue weighted by molar-refractivity contribution is 7.89. The highest BCUT2D eigenvalue weighted by Gasteiger charge is 2.31. The Morgan fingerprint density at radius 1 is 1.04 bits per heavy atom. The molecule has 8 heteroatoms. The van der Waals surface area contributed by atoms with Crippen molar-refractivity contribution in [3.63, 3.8) is 0 Å².